The van der Waals surface area contributed by atoms with Crippen molar-refractivity contribution in [3.8, 4) is 17.3 Å². The molecule has 1 aromatic heterocycles. The van der Waals surface area contributed by atoms with Crippen molar-refractivity contribution < 1.29 is 9.53 Å². The maximum Gasteiger partial charge on any atom is 0.264 e. The van der Waals surface area contributed by atoms with E-state index in [-0.39, 0.29) is 12.5 Å². The van der Waals surface area contributed by atoms with Gasteiger partial charge >= 0.3 is 0 Å². The number of likely N-dealkylation sites (N-methyl/N-ethyl adjacent to an activating group) is 1. The standard InChI is InChI=1S/C21H20ClN3O2/c1-14-15(2)23-20(16-9-11-17(22)12-10-16)24-21(14)27-13-19(26)25(3)18-7-5-4-6-8-18/h4-12H,13H2,1-3H3. The van der Waals surface area contributed by atoms with Crippen LogP contribution >= 0.6 is 11.6 Å². The van der Waals surface area contributed by atoms with Crippen LogP contribution in [0.3, 0.4) is 0 Å². The zero-order valence-corrected chi connectivity index (χ0v) is 16.2. The van der Waals surface area contributed by atoms with E-state index in [1.165, 1.54) is 0 Å². The lowest BCUT2D eigenvalue weighted by molar-refractivity contribution is -0.120. The number of aryl methyl sites for hydroxylation is 1. The average molecular weight is 382 g/mol. The van der Waals surface area contributed by atoms with E-state index in [9.17, 15) is 4.79 Å². The molecule has 0 bridgehead atoms. The summed E-state index contributed by atoms with van der Waals surface area (Å²) in [6.45, 7) is 3.66. The first kappa shape index (κ1) is 18.9. The summed E-state index contributed by atoms with van der Waals surface area (Å²) in [7, 11) is 1.72. The molecule has 0 N–H and O–H groups in total. The van der Waals surface area contributed by atoms with E-state index >= 15 is 0 Å². The molecule has 0 spiro atoms. The van der Waals surface area contributed by atoms with Crippen LogP contribution in [0.4, 0.5) is 5.69 Å². The Bertz CT molecular complexity index is 944. The molecule has 1 amide bonds. The maximum absolute atomic E-state index is 12.4. The second-order valence-corrected chi connectivity index (χ2v) is 6.58. The van der Waals surface area contributed by atoms with Gasteiger partial charge in [-0.3, -0.25) is 4.79 Å². The molecule has 0 aliphatic carbocycles. The number of amides is 1. The van der Waals surface area contributed by atoms with E-state index in [2.05, 4.69) is 9.97 Å². The highest BCUT2D eigenvalue weighted by molar-refractivity contribution is 6.30. The minimum Gasteiger partial charge on any atom is -0.467 e. The molecule has 0 atom stereocenters. The molecule has 1 heterocycles. The average Bonchev–Trinajstić information content (AvgIpc) is 2.69. The summed E-state index contributed by atoms with van der Waals surface area (Å²) in [6.07, 6.45) is 0. The number of para-hydroxylation sites is 1. The molecule has 5 nitrogen and oxygen atoms in total. The number of halogens is 1. The first-order chi connectivity index (χ1) is 13.0. The minimum atomic E-state index is -0.162. The number of hydrogen-bond donors (Lipinski definition) is 0. The highest BCUT2D eigenvalue weighted by atomic mass is 35.5. The fourth-order valence-electron chi connectivity index (χ4n) is 2.49. The lowest BCUT2D eigenvalue weighted by Gasteiger charge is -2.18. The molecule has 0 unspecified atom stereocenters. The second kappa shape index (κ2) is 8.18. The van der Waals surface area contributed by atoms with Crippen molar-refractivity contribution in [2.45, 2.75) is 13.8 Å². The Hall–Kier alpha value is -2.92. The van der Waals surface area contributed by atoms with Crippen molar-refractivity contribution >= 4 is 23.2 Å². The molecule has 138 valence electrons. The summed E-state index contributed by atoms with van der Waals surface area (Å²) in [6, 6.07) is 16.7. The van der Waals surface area contributed by atoms with E-state index in [0.29, 0.717) is 16.7 Å². The van der Waals surface area contributed by atoms with Crippen LogP contribution in [0.5, 0.6) is 5.88 Å². The van der Waals surface area contributed by atoms with Gasteiger partial charge in [-0.05, 0) is 50.2 Å². The molecule has 27 heavy (non-hydrogen) atoms. The van der Waals surface area contributed by atoms with E-state index < -0.39 is 0 Å². The Morgan fingerprint density at radius 2 is 1.70 bits per heavy atom. The van der Waals surface area contributed by atoms with Crippen molar-refractivity contribution in [2.24, 2.45) is 0 Å². The van der Waals surface area contributed by atoms with Crippen LogP contribution in [0.15, 0.2) is 54.6 Å². The van der Waals surface area contributed by atoms with Crippen molar-refractivity contribution in [1.29, 1.82) is 0 Å². The van der Waals surface area contributed by atoms with Crippen LogP contribution in [0.25, 0.3) is 11.4 Å². The number of hydrogen-bond acceptors (Lipinski definition) is 4. The predicted molar refractivity (Wildman–Crippen MR) is 107 cm³/mol. The first-order valence-electron chi connectivity index (χ1n) is 8.51. The number of anilines is 1. The van der Waals surface area contributed by atoms with E-state index in [0.717, 1.165) is 22.5 Å². The third-order valence-electron chi connectivity index (χ3n) is 4.30. The fourth-order valence-corrected chi connectivity index (χ4v) is 2.62. The highest BCUT2D eigenvalue weighted by Crippen LogP contribution is 2.24. The molecular formula is C21H20ClN3O2. The molecule has 3 aromatic rings. The van der Waals surface area contributed by atoms with Gasteiger partial charge in [0.2, 0.25) is 5.88 Å². The van der Waals surface area contributed by atoms with Gasteiger partial charge in [-0.25, -0.2) is 4.98 Å². The van der Waals surface area contributed by atoms with Crippen molar-refractivity contribution in [1.82, 2.24) is 9.97 Å². The Morgan fingerprint density at radius 1 is 1.04 bits per heavy atom. The number of ether oxygens (including phenoxy) is 1. The smallest absolute Gasteiger partial charge is 0.264 e. The molecule has 2 aromatic carbocycles. The van der Waals surface area contributed by atoms with Gasteiger partial charge in [-0.15, -0.1) is 0 Å². The molecule has 0 aliphatic heterocycles. The predicted octanol–water partition coefficient (Wildman–Crippen LogP) is 4.46. The number of aromatic nitrogens is 2. The summed E-state index contributed by atoms with van der Waals surface area (Å²) >= 11 is 5.94. The van der Waals surface area contributed by atoms with E-state index in [1.807, 2.05) is 56.3 Å². The zero-order chi connectivity index (χ0) is 19.4. The number of rotatable bonds is 5. The number of carbonyl (C=O) groups excluding carboxylic acids is 1. The summed E-state index contributed by atoms with van der Waals surface area (Å²) in [5, 5.41) is 0.647. The molecule has 0 radical (unpaired) electrons. The monoisotopic (exact) mass is 381 g/mol. The number of carbonyl (C=O) groups is 1. The van der Waals surface area contributed by atoms with Crippen LogP contribution in [0.2, 0.25) is 5.02 Å². The van der Waals surface area contributed by atoms with Crippen molar-refractivity contribution in [3.05, 3.63) is 70.9 Å². The number of nitrogens with zero attached hydrogens (tertiary/aromatic N) is 3. The molecule has 0 fully saturated rings. The quantitative estimate of drug-likeness (QED) is 0.655. The molecule has 0 saturated carbocycles. The van der Waals surface area contributed by atoms with E-state index in [1.54, 1.807) is 24.1 Å². The lowest BCUT2D eigenvalue weighted by Crippen LogP contribution is -2.31. The maximum atomic E-state index is 12.4. The van der Waals surface area contributed by atoms with E-state index in [4.69, 9.17) is 16.3 Å². The fraction of sp³-hybridized carbons (Fsp3) is 0.190. The Morgan fingerprint density at radius 3 is 2.37 bits per heavy atom. The Balaban J connectivity index is 1.78. The van der Waals surface area contributed by atoms with Gasteiger partial charge in [0.15, 0.2) is 12.4 Å². The zero-order valence-electron chi connectivity index (χ0n) is 15.4. The molecule has 3 rings (SSSR count). The minimum absolute atomic E-state index is 0.108. The van der Waals surface area contributed by atoms with Gasteiger partial charge in [0.1, 0.15) is 0 Å². The Kier molecular flexibility index (Phi) is 5.72. The first-order valence-corrected chi connectivity index (χ1v) is 8.89. The third kappa shape index (κ3) is 4.44. The molecular weight excluding hydrogens is 362 g/mol. The van der Waals surface area contributed by atoms with Gasteiger partial charge in [0.05, 0.1) is 0 Å². The molecule has 6 heteroatoms. The molecule has 0 aliphatic rings. The van der Waals surface area contributed by atoms with Gasteiger partial charge in [0, 0.05) is 34.6 Å². The van der Waals surface area contributed by atoms with Crippen molar-refractivity contribution in [2.75, 3.05) is 18.6 Å². The summed E-state index contributed by atoms with van der Waals surface area (Å²) in [5.74, 6) is 0.779. The van der Waals surface area contributed by atoms with Crippen LogP contribution in [-0.4, -0.2) is 29.5 Å². The largest absolute Gasteiger partial charge is 0.467 e. The number of benzene rings is 2. The highest BCUT2D eigenvalue weighted by Gasteiger charge is 2.15. The van der Waals surface area contributed by atoms with Gasteiger partial charge in [-0.1, -0.05) is 29.8 Å². The van der Waals surface area contributed by atoms with Gasteiger partial charge in [-0.2, -0.15) is 4.98 Å². The summed E-state index contributed by atoms with van der Waals surface area (Å²) < 4.78 is 5.74. The second-order valence-electron chi connectivity index (χ2n) is 6.15. The van der Waals surface area contributed by atoms with Crippen LogP contribution in [0, 0.1) is 13.8 Å². The van der Waals surface area contributed by atoms with Gasteiger partial charge < -0.3 is 9.64 Å². The SMILES string of the molecule is Cc1nc(-c2ccc(Cl)cc2)nc(OCC(=O)N(C)c2ccccc2)c1C. The van der Waals surface area contributed by atoms with Crippen LogP contribution in [-0.2, 0) is 4.79 Å². The molecule has 0 saturated heterocycles. The summed E-state index contributed by atoms with van der Waals surface area (Å²) in [4.78, 5) is 23.0. The van der Waals surface area contributed by atoms with Crippen LogP contribution < -0.4 is 9.64 Å². The Labute approximate surface area is 163 Å². The van der Waals surface area contributed by atoms with Crippen molar-refractivity contribution in [3.63, 3.8) is 0 Å². The lowest BCUT2D eigenvalue weighted by atomic mass is 10.2. The third-order valence-corrected chi connectivity index (χ3v) is 4.55. The normalized spacial score (nSPS) is 10.5. The van der Waals surface area contributed by atoms with Crippen LogP contribution in [0.1, 0.15) is 11.3 Å². The topological polar surface area (TPSA) is 55.3 Å². The van der Waals surface area contributed by atoms with Gasteiger partial charge in [0.25, 0.3) is 5.91 Å². The summed E-state index contributed by atoms with van der Waals surface area (Å²) in [5.41, 5.74) is 3.25.